The van der Waals surface area contributed by atoms with Crippen LogP contribution in [0.4, 0.5) is 15.8 Å². The second-order valence-corrected chi connectivity index (χ2v) is 5.79. The average Bonchev–Trinajstić information content (AvgIpc) is 3.02. The van der Waals surface area contributed by atoms with Gasteiger partial charge in [-0.05, 0) is 48.5 Å². The van der Waals surface area contributed by atoms with E-state index in [0.717, 1.165) is 11.4 Å². The van der Waals surface area contributed by atoms with Gasteiger partial charge in [0.2, 0.25) is 0 Å². The van der Waals surface area contributed by atoms with Crippen LogP contribution >= 0.6 is 0 Å². The van der Waals surface area contributed by atoms with Crippen molar-refractivity contribution in [2.45, 2.75) is 6.17 Å². The molecule has 1 aromatic heterocycles. The van der Waals surface area contributed by atoms with Crippen molar-refractivity contribution in [1.82, 2.24) is 4.57 Å². The van der Waals surface area contributed by atoms with Gasteiger partial charge in [0.25, 0.3) is 5.91 Å². The van der Waals surface area contributed by atoms with Crippen molar-refractivity contribution in [2.75, 3.05) is 10.2 Å². The van der Waals surface area contributed by atoms with Gasteiger partial charge < -0.3 is 9.88 Å². The molecule has 1 atom stereocenters. The third kappa shape index (κ3) is 2.25. The molecular formula is C19H16FN3O. The Morgan fingerprint density at radius 3 is 2.46 bits per heavy atom. The first-order valence-corrected chi connectivity index (χ1v) is 7.71. The van der Waals surface area contributed by atoms with Crippen LogP contribution in [0.2, 0.25) is 0 Å². The summed E-state index contributed by atoms with van der Waals surface area (Å²) < 4.78 is 15.3. The number of hydrogen-bond donors (Lipinski definition) is 1. The van der Waals surface area contributed by atoms with Crippen LogP contribution in [0, 0.1) is 5.82 Å². The summed E-state index contributed by atoms with van der Waals surface area (Å²) in [5, 5.41) is 3.42. The van der Waals surface area contributed by atoms with Crippen LogP contribution in [0.5, 0.6) is 0 Å². The summed E-state index contributed by atoms with van der Waals surface area (Å²) in [5.41, 5.74) is 3.00. The number of anilines is 2. The first-order valence-electron chi connectivity index (χ1n) is 7.71. The van der Waals surface area contributed by atoms with Gasteiger partial charge in [-0.15, -0.1) is 0 Å². The predicted octanol–water partition coefficient (Wildman–Crippen LogP) is 3.94. The van der Waals surface area contributed by atoms with Crippen LogP contribution in [0.15, 0.2) is 66.9 Å². The first-order chi connectivity index (χ1) is 11.6. The van der Waals surface area contributed by atoms with Gasteiger partial charge in [0.15, 0.2) is 0 Å². The summed E-state index contributed by atoms with van der Waals surface area (Å²) in [7, 11) is 1.94. The highest BCUT2D eigenvalue weighted by atomic mass is 19.1. The van der Waals surface area contributed by atoms with Gasteiger partial charge in [0, 0.05) is 24.6 Å². The maximum Gasteiger partial charge on any atom is 0.262 e. The van der Waals surface area contributed by atoms with Crippen molar-refractivity contribution in [3.63, 3.8) is 0 Å². The number of amides is 1. The number of rotatable bonds is 2. The van der Waals surface area contributed by atoms with Crippen molar-refractivity contribution in [3.05, 3.63) is 83.9 Å². The van der Waals surface area contributed by atoms with Crippen LogP contribution in [0.25, 0.3) is 0 Å². The number of hydrogen-bond acceptors (Lipinski definition) is 2. The molecule has 5 heteroatoms. The zero-order valence-electron chi connectivity index (χ0n) is 13.1. The molecule has 24 heavy (non-hydrogen) atoms. The fraction of sp³-hybridized carbons (Fsp3) is 0.105. The highest BCUT2D eigenvalue weighted by molar-refractivity contribution is 6.12. The fourth-order valence-electron chi connectivity index (χ4n) is 3.09. The van der Waals surface area contributed by atoms with Gasteiger partial charge in [0.1, 0.15) is 12.0 Å². The Morgan fingerprint density at radius 2 is 1.75 bits per heavy atom. The minimum absolute atomic E-state index is 0.109. The average molecular weight is 321 g/mol. The van der Waals surface area contributed by atoms with Crippen molar-refractivity contribution in [3.8, 4) is 0 Å². The molecule has 1 aliphatic rings. The van der Waals surface area contributed by atoms with Crippen LogP contribution in [0.1, 0.15) is 22.2 Å². The van der Waals surface area contributed by atoms with Crippen molar-refractivity contribution >= 4 is 17.3 Å². The lowest BCUT2D eigenvalue weighted by atomic mass is 10.1. The molecule has 3 aromatic rings. The molecule has 4 nitrogen and oxygen atoms in total. The summed E-state index contributed by atoms with van der Waals surface area (Å²) in [6.45, 7) is 0. The molecular weight excluding hydrogens is 305 g/mol. The molecule has 0 fully saturated rings. The standard InChI is InChI=1S/C19H16FN3O/c1-22-12-4-7-17(22)18-21-16-6-3-2-5-15(16)19(24)23(18)14-10-8-13(20)9-11-14/h2-12,18,21H,1H3/t18-/m1/s1. The zero-order chi connectivity index (χ0) is 16.7. The molecule has 4 rings (SSSR count). The fourth-order valence-corrected chi connectivity index (χ4v) is 3.09. The second kappa shape index (κ2) is 5.53. The lowest BCUT2D eigenvalue weighted by molar-refractivity contribution is 0.0974. The van der Waals surface area contributed by atoms with Crippen molar-refractivity contribution in [1.29, 1.82) is 0 Å². The third-order valence-corrected chi connectivity index (χ3v) is 4.30. The molecule has 0 saturated heterocycles. The van der Waals surface area contributed by atoms with Crippen LogP contribution < -0.4 is 10.2 Å². The summed E-state index contributed by atoms with van der Waals surface area (Å²) in [5.74, 6) is -0.436. The maximum atomic E-state index is 13.3. The minimum Gasteiger partial charge on any atom is -0.359 e. The molecule has 120 valence electrons. The van der Waals surface area contributed by atoms with Crippen molar-refractivity contribution < 1.29 is 9.18 Å². The lowest BCUT2D eigenvalue weighted by Gasteiger charge is -2.38. The van der Waals surface area contributed by atoms with Crippen molar-refractivity contribution in [2.24, 2.45) is 7.05 Å². The number of fused-ring (bicyclic) bond motifs is 1. The zero-order valence-corrected chi connectivity index (χ0v) is 13.1. The summed E-state index contributed by atoms with van der Waals surface area (Å²) >= 11 is 0. The number of carbonyl (C=O) groups excluding carboxylic acids is 1. The SMILES string of the molecule is Cn1cccc1[C@@H]1Nc2ccccc2C(=O)N1c1ccc(F)cc1. The minimum atomic E-state index is -0.363. The molecule has 0 saturated carbocycles. The van der Waals surface area contributed by atoms with Gasteiger partial charge in [0.05, 0.1) is 11.3 Å². The van der Waals surface area contributed by atoms with E-state index in [0.29, 0.717) is 11.3 Å². The number of nitrogens with zero attached hydrogens (tertiary/aromatic N) is 2. The number of benzene rings is 2. The third-order valence-electron chi connectivity index (χ3n) is 4.30. The van der Waals surface area contributed by atoms with E-state index in [4.69, 9.17) is 0 Å². The van der Waals surface area contributed by atoms with E-state index in [1.807, 2.05) is 48.1 Å². The molecule has 2 heterocycles. The van der Waals surface area contributed by atoms with Crippen LogP contribution in [-0.2, 0) is 7.05 Å². The monoisotopic (exact) mass is 321 g/mol. The van der Waals surface area contributed by atoms with Gasteiger partial charge in [-0.2, -0.15) is 0 Å². The highest BCUT2D eigenvalue weighted by Crippen LogP contribution is 2.36. The van der Waals surface area contributed by atoms with E-state index in [9.17, 15) is 9.18 Å². The van der Waals surface area contributed by atoms with E-state index in [2.05, 4.69) is 5.32 Å². The Morgan fingerprint density at radius 1 is 1.00 bits per heavy atom. The van der Waals surface area contributed by atoms with E-state index in [1.54, 1.807) is 23.1 Å². The van der Waals surface area contributed by atoms with Crippen LogP contribution in [0.3, 0.4) is 0 Å². The second-order valence-electron chi connectivity index (χ2n) is 5.79. The number of halogens is 1. The summed E-state index contributed by atoms with van der Waals surface area (Å²) in [4.78, 5) is 14.8. The predicted molar refractivity (Wildman–Crippen MR) is 91.4 cm³/mol. The number of aryl methyl sites for hydroxylation is 1. The topological polar surface area (TPSA) is 37.3 Å². The Bertz CT molecular complexity index is 901. The van der Waals surface area contributed by atoms with Gasteiger partial charge in [-0.1, -0.05) is 12.1 Å². The molecule has 0 bridgehead atoms. The normalized spacial score (nSPS) is 16.7. The molecule has 1 N–H and O–H groups in total. The Balaban J connectivity index is 1.87. The summed E-state index contributed by atoms with van der Waals surface area (Å²) in [6.07, 6.45) is 1.57. The smallest absolute Gasteiger partial charge is 0.262 e. The number of carbonyl (C=O) groups is 1. The molecule has 1 aliphatic heterocycles. The van der Waals surface area contributed by atoms with Gasteiger partial charge >= 0.3 is 0 Å². The van der Waals surface area contributed by atoms with E-state index in [1.165, 1.54) is 12.1 Å². The van der Waals surface area contributed by atoms with E-state index < -0.39 is 0 Å². The molecule has 0 spiro atoms. The van der Waals surface area contributed by atoms with E-state index >= 15 is 0 Å². The van der Waals surface area contributed by atoms with E-state index in [-0.39, 0.29) is 17.9 Å². The van der Waals surface area contributed by atoms with Crippen LogP contribution in [-0.4, -0.2) is 10.5 Å². The Kier molecular flexibility index (Phi) is 3.34. The maximum absolute atomic E-state index is 13.3. The number of nitrogens with one attached hydrogen (secondary N) is 1. The molecule has 1 amide bonds. The van der Waals surface area contributed by atoms with Gasteiger partial charge in [-0.3, -0.25) is 9.69 Å². The number of aromatic nitrogens is 1. The largest absolute Gasteiger partial charge is 0.359 e. The molecule has 0 unspecified atom stereocenters. The quantitative estimate of drug-likeness (QED) is 0.776. The highest BCUT2D eigenvalue weighted by Gasteiger charge is 2.34. The number of para-hydroxylation sites is 1. The Hall–Kier alpha value is -3.08. The lowest BCUT2D eigenvalue weighted by Crippen LogP contribution is -2.43. The first kappa shape index (κ1) is 14.5. The molecule has 0 radical (unpaired) electrons. The Labute approximate surface area is 139 Å². The molecule has 0 aliphatic carbocycles. The van der Waals surface area contributed by atoms with Gasteiger partial charge in [-0.25, -0.2) is 4.39 Å². The molecule has 2 aromatic carbocycles. The summed E-state index contributed by atoms with van der Waals surface area (Å²) in [6, 6.07) is 17.3.